The molecule has 0 bridgehead atoms. The minimum absolute atomic E-state index is 0.0564. The van der Waals surface area contributed by atoms with Crippen molar-refractivity contribution in [2.24, 2.45) is 16.8 Å². The van der Waals surface area contributed by atoms with Crippen molar-refractivity contribution in [3.63, 3.8) is 0 Å². The molecule has 1 atom stereocenters. The number of piperidine rings is 1. The average Bonchev–Trinajstić information content (AvgIpc) is 2.46. The Morgan fingerprint density at radius 2 is 2.44 bits per heavy atom. The van der Waals surface area contributed by atoms with Crippen molar-refractivity contribution in [3.8, 4) is 0 Å². The molecular weight excluding hydrogens is 228 g/mol. The van der Waals surface area contributed by atoms with Gasteiger partial charge in [0.15, 0.2) is 5.84 Å². The van der Waals surface area contributed by atoms with Crippen LogP contribution in [-0.4, -0.2) is 29.1 Å². The smallest absolute Gasteiger partial charge is 0.188 e. The second kappa shape index (κ2) is 5.71. The summed E-state index contributed by atoms with van der Waals surface area (Å²) in [6, 6.07) is 5.62. The van der Waals surface area contributed by atoms with Gasteiger partial charge < -0.3 is 15.8 Å². The van der Waals surface area contributed by atoms with E-state index < -0.39 is 0 Å². The van der Waals surface area contributed by atoms with E-state index in [4.69, 9.17) is 10.9 Å². The maximum Gasteiger partial charge on any atom is 0.188 e. The number of anilines is 1. The van der Waals surface area contributed by atoms with Crippen LogP contribution in [0.5, 0.6) is 0 Å². The summed E-state index contributed by atoms with van der Waals surface area (Å²) in [5.41, 5.74) is 6.09. The number of hydrogen-bond donors (Lipinski definition) is 2. The Labute approximate surface area is 107 Å². The van der Waals surface area contributed by atoms with E-state index in [1.807, 2.05) is 12.1 Å². The van der Waals surface area contributed by atoms with E-state index in [1.165, 1.54) is 19.3 Å². The van der Waals surface area contributed by atoms with Crippen LogP contribution in [0, 0.1) is 5.92 Å². The predicted molar refractivity (Wildman–Crippen MR) is 72.0 cm³/mol. The van der Waals surface area contributed by atoms with E-state index in [2.05, 4.69) is 22.0 Å². The minimum Gasteiger partial charge on any atom is -0.409 e. The van der Waals surface area contributed by atoms with E-state index in [9.17, 15) is 0 Å². The van der Waals surface area contributed by atoms with Gasteiger partial charge in [-0.25, -0.2) is 4.98 Å². The zero-order valence-electron chi connectivity index (χ0n) is 10.7. The lowest BCUT2D eigenvalue weighted by Crippen LogP contribution is -2.36. The van der Waals surface area contributed by atoms with Crippen LogP contribution in [0.25, 0.3) is 0 Å². The molecule has 0 aliphatic carbocycles. The van der Waals surface area contributed by atoms with Gasteiger partial charge in [-0.05, 0) is 30.9 Å². The number of amidine groups is 1. The number of aromatic nitrogens is 1. The van der Waals surface area contributed by atoms with Gasteiger partial charge in [0.1, 0.15) is 11.5 Å². The highest BCUT2D eigenvalue weighted by Gasteiger charge is 2.19. The molecule has 1 aliphatic heterocycles. The van der Waals surface area contributed by atoms with Gasteiger partial charge in [0.2, 0.25) is 0 Å². The summed E-state index contributed by atoms with van der Waals surface area (Å²) in [6.45, 7) is 4.31. The number of rotatable bonds is 3. The lowest BCUT2D eigenvalue weighted by Gasteiger charge is -2.33. The molecule has 2 rings (SSSR count). The third kappa shape index (κ3) is 2.72. The molecule has 0 radical (unpaired) electrons. The first kappa shape index (κ1) is 12.7. The Morgan fingerprint density at radius 1 is 1.61 bits per heavy atom. The van der Waals surface area contributed by atoms with Crippen molar-refractivity contribution in [3.05, 3.63) is 23.9 Å². The quantitative estimate of drug-likeness (QED) is 0.370. The molecule has 1 saturated heterocycles. The monoisotopic (exact) mass is 248 g/mol. The van der Waals surface area contributed by atoms with Crippen molar-refractivity contribution in [1.82, 2.24) is 4.98 Å². The van der Waals surface area contributed by atoms with Crippen LogP contribution in [0.4, 0.5) is 5.82 Å². The van der Waals surface area contributed by atoms with Gasteiger partial charge in [0.05, 0.1) is 0 Å². The van der Waals surface area contributed by atoms with Gasteiger partial charge in [-0.3, -0.25) is 0 Å². The van der Waals surface area contributed by atoms with Crippen LogP contribution in [0.15, 0.2) is 23.4 Å². The van der Waals surface area contributed by atoms with Gasteiger partial charge in [-0.15, -0.1) is 0 Å². The fourth-order valence-corrected chi connectivity index (χ4v) is 2.40. The molecule has 5 heteroatoms. The van der Waals surface area contributed by atoms with Crippen molar-refractivity contribution < 1.29 is 5.21 Å². The first-order valence-electron chi connectivity index (χ1n) is 6.44. The van der Waals surface area contributed by atoms with Crippen LogP contribution in [-0.2, 0) is 0 Å². The zero-order chi connectivity index (χ0) is 13.0. The highest BCUT2D eigenvalue weighted by molar-refractivity contribution is 5.95. The molecule has 0 saturated carbocycles. The highest BCUT2D eigenvalue weighted by Crippen LogP contribution is 2.23. The zero-order valence-corrected chi connectivity index (χ0v) is 10.7. The number of nitrogens with zero attached hydrogens (tertiary/aromatic N) is 3. The number of hydrogen-bond acceptors (Lipinski definition) is 4. The number of pyridine rings is 1. The summed E-state index contributed by atoms with van der Waals surface area (Å²) in [6.07, 6.45) is 3.71. The molecule has 5 nitrogen and oxygen atoms in total. The maximum atomic E-state index is 8.68. The summed E-state index contributed by atoms with van der Waals surface area (Å²) in [4.78, 5) is 6.73. The molecule has 2 heterocycles. The van der Waals surface area contributed by atoms with E-state index in [1.54, 1.807) is 6.07 Å². The summed E-state index contributed by atoms with van der Waals surface area (Å²) < 4.78 is 0. The molecule has 98 valence electrons. The fraction of sp³-hybridized carbons (Fsp3) is 0.538. The molecule has 1 fully saturated rings. The Kier molecular flexibility index (Phi) is 4.02. The number of nitrogens with two attached hydrogens (primary N) is 1. The molecule has 3 N–H and O–H groups in total. The van der Waals surface area contributed by atoms with Gasteiger partial charge >= 0.3 is 0 Å². The molecule has 0 aromatic carbocycles. The van der Waals surface area contributed by atoms with Crippen molar-refractivity contribution >= 4 is 11.7 Å². The van der Waals surface area contributed by atoms with E-state index >= 15 is 0 Å². The van der Waals surface area contributed by atoms with Crippen LogP contribution >= 0.6 is 0 Å². The summed E-state index contributed by atoms with van der Waals surface area (Å²) in [5.74, 6) is 1.71. The fourth-order valence-electron chi connectivity index (χ4n) is 2.40. The molecule has 0 spiro atoms. The second-order valence-corrected chi connectivity index (χ2v) is 4.73. The maximum absolute atomic E-state index is 8.68. The average molecular weight is 248 g/mol. The third-order valence-electron chi connectivity index (χ3n) is 3.52. The summed E-state index contributed by atoms with van der Waals surface area (Å²) in [5, 5.41) is 11.7. The SMILES string of the molecule is CCC1CCCN(c2cccc(C(N)=NO)n2)C1. The lowest BCUT2D eigenvalue weighted by molar-refractivity contribution is 0.318. The summed E-state index contributed by atoms with van der Waals surface area (Å²) >= 11 is 0. The van der Waals surface area contributed by atoms with Crippen LogP contribution in [0.3, 0.4) is 0 Å². The molecule has 1 aliphatic rings. The van der Waals surface area contributed by atoms with Crippen molar-refractivity contribution in [1.29, 1.82) is 0 Å². The Bertz CT molecular complexity index is 433. The first-order chi connectivity index (χ1) is 8.74. The molecule has 18 heavy (non-hydrogen) atoms. The molecule has 1 aromatic heterocycles. The normalized spacial score (nSPS) is 21.1. The topological polar surface area (TPSA) is 74.7 Å². The van der Waals surface area contributed by atoms with Gasteiger partial charge in [-0.1, -0.05) is 24.6 Å². The van der Waals surface area contributed by atoms with Crippen LogP contribution in [0.1, 0.15) is 31.9 Å². The van der Waals surface area contributed by atoms with Gasteiger partial charge in [-0.2, -0.15) is 0 Å². The standard InChI is InChI=1S/C13H20N4O/c1-2-10-5-4-8-17(9-10)12-7-3-6-11(15-12)13(14)16-18/h3,6-7,10,18H,2,4-5,8-9H2,1H3,(H2,14,16). The Hall–Kier alpha value is -1.78. The lowest BCUT2D eigenvalue weighted by atomic mass is 9.96. The van der Waals surface area contributed by atoms with Crippen LogP contribution in [0.2, 0.25) is 0 Å². The van der Waals surface area contributed by atoms with E-state index in [-0.39, 0.29) is 5.84 Å². The third-order valence-corrected chi connectivity index (χ3v) is 3.52. The predicted octanol–water partition coefficient (Wildman–Crippen LogP) is 1.80. The number of oxime groups is 1. The molecular formula is C13H20N4O. The second-order valence-electron chi connectivity index (χ2n) is 4.73. The summed E-state index contributed by atoms with van der Waals surface area (Å²) in [7, 11) is 0. The minimum atomic E-state index is 0.0564. The van der Waals surface area contributed by atoms with E-state index in [0.717, 1.165) is 24.8 Å². The highest BCUT2D eigenvalue weighted by atomic mass is 16.4. The molecule has 1 aromatic rings. The molecule has 1 unspecified atom stereocenters. The van der Waals surface area contributed by atoms with Crippen molar-refractivity contribution in [2.75, 3.05) is 18.0 Å². The largest absolute Gasteiger partial charge is 0.409 e. The first-order valence-corrected chi connectivity index (χ1v) is 6.44. The van der Waals surface area contributed by atoms with E-state index in [0.29, 0.717) is 5.69 Å². The Balaban J connectivity index is 2.17. The van der Waals surface area contributed by atoms with Gasteiger partial charge in [0.25, 0.3) is 0 Å². The van der Waals surface area contributed by atoms with Crippen LogP contribution < -0.4 is 10.6 Å². The van der Waals surface area contributed by atoms with Crippen molar-refractivity contribution in [2.45, 2.75) is 26.2 Å². The van der Waals surface area contributed by atoms with Gasteiger partial charge in [0, 0.05) is 13.1 Å². The molecule has 0 amide bonds. The Morgan fingerprint density at radius 3 is 3.17 bits per heavy atom.